The van der Waals surface area contributed by atoms with E-state index in [0.717, 1.165) is 16.7 Å². The molecule has 2 N–H and O–H groups in total. The maximum Gasteiger partial charge on any atom is 0.185 e. The minimum absolute atomic E-state index is 0.0245. The number of rotatable bonds is 6. The van der Waals surface area contributed by atoms with E-state index >= 15 is 0 Å². The second kappa shape index (κ2) is 7.98. The van der Waals surface area contributed by atoms with E-state index in [1.165, 1.54) is 6.92 Å². The van der Waals surface area contributed by atoms with E-state index in [4.69, 9.17) is 10.5 Å². The summed E-state index contributed by atoms with van der Waals surface area (Å²) in [5, 5.41) is 0. The van der Waals surface area contributed by atoms with Crippen LogP contribution in [0.3, 0.4) is 0 Å². The summed E-state index contributed by atoms with van der Waals surface area (Å²) in [6.07, 6.45) is 3.29. The van der Waals surface area contributed by atoms with Gasteiger partial charge in [0, 0.05) is 24.4 Å². The molecule has 0 saturated heterocycles. The van der Waals surface area contributed by atoms with Gasteiger partial charge in [0.25, 0.3) is 0 Å². The predicted molar refractivity (Wildman–Crippen MR) is 92.6 cm³/mol. The number of Topliss-reactive ketones (excluding diaryl/α,β-unsaturated/α-hetero) is 1. The number of nitrogen functional groups attached to an aromatic ring is 1. The van der Waals surface area contributed by atoms with Gasteiger partial charge < -0.3 is 10.5 Å². The van der Waals surface area contributed by atoms with Crippen molar-refractivity contribution in [2.75, 3.05) is 12.3 Å². The maximum absolute atomic E-state index is 10.8. The first-order valence-electron chi connectivity index (χ1n) is 6.89. The first-order chi connectivity index (χ1) is 10.3. The second-order valence-electron chi connectivity index (χ2n) is 5.05. The van der Waals surface area contributed by atoms with E-state index in [1.807, 2.05) is 25.1 Å². The van der Waals surface area contributed by atoms with E-state index < -0.39 is 0 Å². The molecule has 116 valence electrons. The van der Waals surface area contributed by atoms with Gasteiger partial charge in [-0.3, -0.25) is 4.79 Å². The molecule has 1 aromatic rings. The van der Waals surface area contributed by atoms with Crippen molar-refractivity contribution < 1.29 is 9.53 Å². The number of carbonyl (C=O) groups is 1. The van der Waals surface area contributed by atoms with Gasteiger partial charge in [-0.2, -0.15) is 0 Å². The SMILES string of the molecule is C=C(/C=C\N=C(C)OCC(C)=O)C(=C)c1cc(C)ccc1N. The van der Waals surface area contributed by atoms with Crippen LogP contribution in [0.4, 0.5) is 5.69 Å². The topological polar surface area (TPSA) is 64.7 Å². The number of ether oxygens (including phenoxy) is 1. The zero-order chi connectivity index (χ0) is 16.7. The Morgan fingerprint density at radius 2 is 2.05 bits per heavy atom. The van der Waals surface area contributed by atoms with Crippen LogP contribution in [0.1, 0.15) is 25.0 Å². The summed E-state index contributed by atoms with van der Waals surface area (Å²) in [7, 11) is 0. The third kappa shape index (κ3) is 5.40. The average molecular weight is 298 g/mol. The molecule has 0 heterocycles. The molecule has 4 nitrogen and oxygen atoms in total. The number of hydrogen-bond donors (Lipinski definition) is 1. The summed E-state index contributed by atoms with van der Waals surface area (Å²) in [6, 6.07) is 5.77. The average Bonchev–Trinajstić information content (AvgIpc) is 2.46. The summed E-state index contributed by atoms with van der Waals surface area (Å²) < 4.78 is 5.14. The largest absolute Gasteiger partial charge is 0.473 e. The van der Waals surface area contributed by atoms with Crippen molar-refractivity contribution in [2.45, 2.75) is 20.8 Å². The Morgan fingerprint density at radius 1 is 1.36 bits per heavy atom. The normalized spacial score (nSPS) is 11.5. The summed E-state index contributed by atoms with van der Waals surface area (Å²) in [5.41, 5.74) is 10.1. The monoisotopic (exact) mass is 298 g/mol. The van der Waals surface area contributed by atoms with Crippen molar-refractivity contribution in [3.8, 4) is 0 Å². The van der Waals surface area contributed by atoms with E-state index in [2.05, 4.69) is 18.2 Å². The molecule has 1 rings (SSSR count). The van der Waals surface area contributed by atoms with Gasteiger partial charge in [-0.15, -0.1) is 0 Å². The van der Waals surface area contributed by atoms with Gasteiger partial charge in [0.2, 0.25) is 0 Å². The van der Waals surface area contributed by atoms with Crippen LogP contribution in [0.2, 0.25) is 0 Å². The van der Waals surface area contributed by atoms with E-state index in [-0.39, 0.29) is 12.4 Å². The molecule has 0 amide bonds. The van der Waals surface area contributed by atoms with Crippen LogP contribution in [-0.4, -0.2) is 18.3 Å². The lowest BCUT2D eigenvalue weighted by atomic mass is 9.97. The Bertz CT molecular complexity index is 655. The van der Waals surface area contributed by atoms with Gasteiger partial charge in [-0.05, 0) is 43.2 Å². The fraction of sp³-hybridized carbons (Fsp3) is 0.222. The Kier molecular flexibility index (Phi) is 6.32. The molecular weight excluding hydrogens is 276 g/mol. The molecule has 0 aliphatic heterocycles. The summed E-state index contributed by atoms with van der Waals surface area (Å²) in [4.78, 5) is 14.9. The lowest BCUT2D eigenvalue weighted by molar-refractivity contribution is -0.119. The van der Waals surface area contributed by atoms with Gasteiger partial charge in [-0.25, -0.2) is 4.99 Å². The molecular formula is C18H22N2O2. The lowest BCUT2D eigenvalue weighted by Crippen LogP contribution is -2.07. The molecule has 0 bridgehead atoms. The minimum atomic E-state index is -0.0498. The quantitative estimate of drug-likeness (QED) is 0.377. The highest BCUT2D eigenvalue weighted by Crippen LogP contribution is 2.26. The van der Waals surface area contributed by atoms with Crippen LogP contribution in [-0.2, 0) is 9.53 Å². The van der Waals surface area contributed by atoms with Gasteiger partial charge in [0.15, 0.2) is 11.7 Å². The highest BCUT2D eigenvalue weighted by molar-refractivity contribution is 5.85. The highest BCUT2D eigenvalue weighted by Gasteiger charge is 2.05. The third-order valence-electron chi connectivity index (χ3n) is 2.94. The smallest absolute Gasteiger partial charge is 0.185 e. The lowest BCUT2D eigenvalue weighted by Gasteiger charge is -2.10. The van der Waals surface area contributed by atoms with Crippen molar-refractivity contribution >= 4 is 22.9 Å². The van der Waals surface area contributed by atoms with Crippen molar-refractivity contribution in [1.29, 1.82) is 0 Å². The molecule has 0 aromatic heterocycles. The molecule has 0 atom stereocenters. The summed E-state index contributed by atoms with van der Waals surface area (Å²) >= 11 is 0. The number of carbonyl (C=O) groups excluding carboxylic acids is 1. The molecule has 4 heteroatoms. The van der Waals surface area contributed by atoms with Crippen molar-refractivity contribution in [3.63, 3.8) is 0 Å². The first-order valence-corrected chi connectivity index (χ1v) is 6.89. The molecule has 0 aliphatic rings. The molecule has 0 unspecified atom stereocenters. The number of hydrogen-bond acceptors (Lipinski definition) is 4. The Morgan fingerprint density at radius 3 is 2.68 bits per heavy atom. The number of ketones is 1. The fourth-order valence-corrected chi connectivity index (χ4v) is 1.68. The van der Waals surface area contributed by atoms with Crippen molar-refractivity contribution in [2.24, 2.45) is 4.99 Å². The zero-order valence-electron chi connectivity index (χ0n) is 13.3. The number of aryl methyl sites for hydroxylation is 1. The first kappa shape index (κ1) is 17.4. The number of aliphatic imine (C=N–C) groups is 1. The number of benzene rings is 1. The van der Waals surface area contributed by atoms with Gasteiger partial charge in [-0.1, -0.05) is 24.8 Å². The van der Waals surface area contributed by atoms with Crippen LogP contribution in [0.25, 0.3) is 5.57 Å². The van der Waals surface area contributed by atoms with E-state index in [0.29, 0.717) is 17.2 Å². The van der Waals surface area contributed by atoms with E-state index in [1.54, 1.807) is 19.2 Å². The molecule has 0 saturated carbocycles. The Labute approximate surface area is 131 Å². The van der Waals surface area contributed by atoms with Crippen LogP contribution < -0.4 is 5.73 Å². The zero-order valence-corrected chi connectivity index (χ0v) is 13.3. The molecule has 0 aliphatic carbocycles. The number of anilines is 1. The van der Waals surface area contributed by atoms with Crippen molar-refractivity contribution in [1.82, 2.24) is 0 Å². The molecule has 0 spiro atoms. The second-order valence-corrected chi connectivity index (χ2v) is 5.05. The number of nitrogens with two attached hydrogens (primary N) is 1. The van der Waals surface area contributed by atoms with E-state index in [9.17, 15) is 4.79 Å². The van der Waals surface area contributed by atoms with Gasteiger partial charge in [0.1, 0.15) is 6.61 Å². The van der Waals surface area contributed by atoms with Crippen LogP contribution in [0.5, 0.6) is 0 Å². The van der Waals surface area contributed by atoms with Gasteiger partial charge >= 0.3 is 0 Å². The fourth-order valence-electron chi connectivity index (χ4n) is 1.68. The molecule has 0 radical (unpaired) electrons. The molecule has 1 aromatic carbocycles. The van der Waals surface area contributed by atoms with Gasteiger partial charge in [0.05, 0.1) is 0 Å². The van der Waals surface area contributed by atoms with Crippen LogP contribution in [0.15, 0.2) is 54.2 Å². The predicted octanol–water partition coefficient (Wildman–Crippen LogP) is 3.68. The molecule has 22 heavy (non-hydrogen) atoms. The summed E-state index contributed by atoms with van der Waals surface area (Å²) in [6.45, 7) is 13.2. The Hall–Kier alpha value is -2.62. The standard InChI is InChI=1S/C18H22N2O2/c1-12-6-7-18(19)17(10-12)15(4)13(2)8-9-20-16(5)22-11-14(3)21/h6-10H,2,4,11,19H2,1,3,5H3/b9-8-,20-16?. The molecule has 0 fully saturated rings. The third-order valence-corrected chi connectivity index (χ3v) is 2.94. The highest BCUT2D eigenvalue weighted by atomic mass is 16.5. The van der Waals surface area contributed by atoms with Crippen LogP contribution in [0, 0.1) is 6.92 Å². The minimum Gasteiger partial charge on any atom is -0.473 e. The van der Waals surface area contributed by atoms with Crippen LogP contribution >= 0.6 is 0 Å². The number of allylic oxidation sites excluding steroid dienone is 3. The summed E-state index contributed by atoms with van der Waals surface area (Å²) in [5.74, 6) is 0.367. The van der Waals surface area contributed by atoms with Crippen molar-refractivity contribution in [3.05, 3.63) is 60.3 Å². The maximum atomic E-state index is 10.8. The number of nitrogens with zero attached hydrogens (tertiary/aromatic N) is 1. The Balaban J connectivity index is 2.74.